The molecular weight excluding hydrogens is 178 g/mol. The molecule has 0 amide bonds. The van der Waals surface area contributed by atoms with Crippen molar-refractivity contribution in [3.63, 3.8) is 0 Å². The minimum atomic E-state index is 0.167. The van der Waals surface area contributed by atoms with Gasteiger partial charge in [0.2, 0.25) is 0 Å². The maximum atomic E-state index is 5.69. The fraction of sp³-hybridized carbons (Fsp3) is 0.700. The van der Waals surface area contributed by atoms with Gasteiger partial charge in [0.1, 0.15) is 0 Å². The van der Waals surface area contributed by atoms with E-state index in [0.717, 1.165) is 19.6 Å². The Morgan fingerprint density at radius 3 is 3.21 bits per heavy atom. The zero-order chi connectivity index (χ0) is 9.97. The molecule has 0 radical (unpaired) electrons. The molecule has 2 heterocycles. The average Bonchev–Trinajstić information content (AvgIpc) is 2.85. The third-order valence-electron chi connectivity index (χ3n) is 2.82. The number of hydrogen-bond acceptors (Lipinski definition) is 3. The quantitative estimate of drug-likeness (QED) is 0.781. The van der Waals surface area contributed by atoms with Gasteiger partial charge >= 0.3 is 0 Å². The van der Waals surface area contributed by atoms with Crippen LogP contribution in [0.1, 0.15) is 25.0 Å². The normalized spacial score (nSPS) is 27.0. The lowest BCUT2D eigenvalue weighted by Gasteiger charge is -2.14. The molecule has 2 N–H and O–H groups in total. The van der Waals surface area contributed by atoms with Crippen molar-refractivity contribution in [3.05, 3.63) is 18.0 Å². The predicted molar refractivity (Wildman–Crippen MR) is 53.8 cm³/mol. The minimum Gasteiger partial charge on any atom is -0.373 e. The van der Waals surface area contributed by atoms with Gasteiger partial charge in [-0.1, -0.05) is 0 Å². The summed E-state index contributed by atoms with van der Waals surface area (Å²) in [4.78, 5) is 0. The molecule has 4 heteroatoms. The van der Waals surface area contributed by atoms with Crippen LogP contribution in [0.25, 0.3) is 0 Å². The maximum absolute atomic E-state index is 5.69. The highest BCUT2D eigenvalue weighted by Gasteiger charge is 2.29. The van der Waals surface area contributed by atoms with Gasteiger partial charge in [-0.25, -0.2) is 0 Å². The van der Waals surface area contributed by atoms with Gasteiger partial charge in [-0.3, -0.25) is 4.68 Å². The van der Waals surface area contributed by atoms with Crippen molar-refractivity contribution in [2.75, 3.05) is 13.2 Å². The second-order valence-electron chi connectivity index (χ2n) is 3.71. The van der Waals surface area contributed by atoms with Gasteiger partial charge in [-0.05, 0) is 19.9 Å². The predicted octanol–water partition coefficient (Wildman–Crippen LogP) is 0.939. The molecule has 0 bridgehead atoms. The lowest BCUT2D eigenvalue weighted by Crippen LogP contribution is -2.17. The molecule has 0 aromatic carbocycles. The second-order valence-corrected chi connectivity index (χ2v) is 3.71. The SMILES string of the molecule is CCn1cc([C@@H]2OCCC2CN)cn1. The molecule has 2 rings (SSSR count). The molecule has 14 heavy (non-hydrogen) atoms. The summed E-state index contributed by atoms with van der Waals surface area (Å²) in [5.41, 5.74) is 6.86. The summed E-state index contributed by atoms with van der Waals surface area (Å²) in [5.74, 6) is 0.463. The molecule has 1 aromatic rings. The highest BCUT2D eigenvalue weighted by Crippen LogP contribution is 2.33. The molecule has 4 nitrogen and oxygen atoms in total. The lowest BCUT2D eigenvalue weighted by molar-refractivity contribution is 0.0924. The highest BCUT2D eigenvalue weighted by atomic mass is 16.5. The van der Waals surface area contributed by atoms with Crippen LogP contribution in [0.4, 0.5) is 0 Å². The molecule has 1 aliphatic heterocycles. The average molecular weight is 195 g/mol. The molecule has 1 aromatic heterocycles. The first kappa shape index (κ1) is 9.68. The number of nitrogens with two attached hydrogens (primary N) is 1. The van der Waals surface area contributed by atoms with Crippen molar-refractivity contribution in [2.45, 2.75) is 26.0 Å². The van der Waals surface area contributed by atoms with E-state index >= 15 is 0 Å². The molecule has 0 spiro atoms. The molecule has 1 fully saturated rings. The molecule has 1 unspecified atom stereocenters. The number of rotatable bonds is 3. The second kappa shape index (κ2) is 4.11. The zero-order valence-electron chi connectivity index (χ0n) is 8.52. The Morgan fingerprint density at radius 2 is 2.57 bits per heavy atom. The van der Waals surface area contributed by atoms with Crippen molar-refractivity contribution in [3.8, 4) is 0 Å². The van der Waals surface area contributed by atoms with Gasteiger partial charge in [0.15, 0.2) is 0 Å². The van der Waals surface area contributed by atoms with E-state index in [0.29, 0.717) is 12.5 Å². The Balaban J connectivity index is 2.13. The molecule has 1 saturated heterocycles. The van der Waals surface area contributed by atoms with Crippen molar-refractivity contribution in [1.82, 2.24) is 9.78 Å². The standard InChI is InChI=1S/C10H17N3O/c1-2-13-7-9(6-12-13)10-8(5-11)3-4-14-10/h6-8,10H,2-5,11H2,1H3/t8?,10-/m1/s1. The monoisotopic (exact) mass is 195 g/mol. The van der Waals surface area contributed by atoms with E-state index in [1.165, 1.54) is 5.56 Å². The minimum absolute atomic E-state index is 0.167. The Morgan fingerprint density at radius 1 is 1.71 bits per heavy atom. The summed E-state index contributed by atoms with van der Waals surface area (Å²) < 4.78 is 7.59. The van der Waals surface area contributed by atoms with Crippen LogP contribution in [0.5, 0.6) is 0 Å². The molecule has 0 aliphatic carbocycles. The molecule has 78 valence electrons. The molecule has 2 atom stereocenters. The van der Waals surface area contributed by atoms with E-state index in [4.69, 9.17) is 10.5 Å². The van der Waals surface area contributed by atoms with Crippen molar-refractivity contribution >= 4 is 0 Å². The van der Waals surface area contributed by atoms with Gasteiger partial charge in [0.25, 0.3) is 0 Å². The molecular formula is C10H17N3O. The number of ether oxygens (including phenoxy) is 1. The highest BCUT2D eigenvalue weighted by molar-refractivity contribution is 5.11. The van der Waals surface area contributed by atoms with Gasteiger partial charge in [0.05, 0.1) is 12.3 Å². The van der Waals surface area contributed by atoms with E-state index in [1.807, 2.05) is 10.9 Å². The number of aryl methyl sites for hydroxylation is 1. The molecule has 0 saturated carbocycles. The van der Waals surface area contributed by atoms with Gasteiger partial charge < -0.3 is 10.5 Å². The zero-order valence-corrected chi connectivity index (χ0v) is 8.52. The van der Waals surface area contributed by atoms with Gasteiger partial charge in [0, 0.05) is 30.8 Å². The Kier molecular flexibility index (Phi) is 2.84. The number of hydrogen-bond donors (Lipinski definition) is 1. The lowest BCUT2D eigenvalue weighted by atomic mass is 9.98. The Labute approximate surface area is 84.0 Å². The van der Waals surface area contributed by atoms with Gasteiger partial charge in [-0.2, -0.15) is 5.10 Å². The third kappa shape index (κ3) is 1.67. The Hall–Kier alpha value is -0.870. The van der Waals surface area contributed by atoms with E-state index in [9.17, 15) is 0 Å². The van der Waals surface area contributed by atoms with E-state index in [-0.39, 0.29) is 6.10 Å². The Bertz CT molecular complexity index is 297. The summed E-state index contributed by atoms with van der Waals surface area (Å²) in [6.45, 7) is 4.50. The number of nitrogens with zero attached hydrogens (tertiary/aromatic N) is 2. The van der Waals surface area contributed by atoms with E-state index in [1.54, 1.807) is 0 Å². The first-order valence-corrected chi connectivity index (χ1v) is 5.19. The molecule has 1 aliphatic rings. The largest absolute Gasteiger partial charge is 0.373 e. The van der Waals surface area contributed by atoms with Crippen LogP contribution in [-0.2, 0) is 11.3 Å². The van der Waals surface area contributed by atoms with Crippen molar-refractivity contribution in [1.29, 1.82) is 0 Å². The smallest absolute Gasteiger partial charge is 0.0896 e. The van der Waals surface area contributed by atoms with Crippen LogP contribution in [0, 0.1) is 5.92 Å². The fourth-order valence-corrected chi connectivity index (χ4v) is 1.94. The summed E-state index contributed by atoms with van der Waals surface area (Å²) in [6, 6.07) is 0. The van der Waals surface area contributed by atoms with E-state index < -0.39 is 0 Å². The summed E-state index contributed by atoms with van der Waals surface area (Å²) in [5, 5.41) is 4.24. The summed E-state index contributed by atoms with van der Waals surface area (Å²) in [6.07, 6.45) is 5.18. The van der Waals surface area contributed by atoms with E-state index in [2.05, 4.69) is 18.2 Å². The van der Waals surface area contributed by atoms with Gasteiger partial charge in [-0.15, -0.1) is 0 Å². The summed E-state index contributed by atoms with van der Waals surface area (Å²) in [7, 11) is 0. The van der Waals surface area contributed by atoms with Crippen LogP contribution < -0.4 is 5.73 Å². The van der Waals surface area contributed by atoms with Crippen LogP contribution in [-0.4, -0.2) is 22.9 Å². The maximum Gasteiger partial charge on any atom is 0.0896 e. The van der Waals surface area contributed by atoms with Crippen molar-refractivity contribution in [2.24, 2.45) is 11.7 Å². The fourth-order valence-electron chi connectivity index (χ4n) is 1.94. The van der Waals surface area contributed by atoms with Crippen LogP contribution in [0.15, 0.2) is 12.4 Å². The van der Waals surface area contributed by atoms with Crippen LogP contribution >= 0.6 is 0 Å². The first-order valence-electron chi connectivity index (χ1n) is 5.19. The van der Waals surface area contributed by atoms with Crippen LogP contribution in [0.2, 0.25) is 0 Å². The third-order valence-corrected chi connectivity index (χ3v) is 2.82. The summed E-state index contributed by atoms with van der Waals surface area (Å²) >= 11 is 0. The topological polar surface area (TPSA) is 53.1 Å². The number of aromatic nitrogens is 2. The first-order chi connectivity index (χ1) is 6.85. The van der Waals surface area contributed by atoms with Crippen LogP contribution in [0.3, 0.4) is 0 Å². The van der Waals surface area contributed by atoms with Crippen molar-refractivity contribution < 1.29 is 4.74 Å².